The van der Waals surface area contributed by atoms with Gasteiger partial charge >= 0.3 is 11.9 Å². The number of rotatable bonds is 8. The zero-order valence-corrected chi connectivity index (χ0v) is 21.2. The molecule has 1 aliphatic rings. The summed E-state index contributed by atoms with van der Waals surface area (Å²) in [5, 5.41) is 0. The van der Waals surface area contributed by atoms with Gasteiger partial charge in [-0.3, -0.25) is 14.4 Å². The van der Waals surface area contributed by atoms with E-state index in [1.165, 1.54) is 24.3 Å². The zero-order chi connectivity index (χ0) is 25.7. The van der Waals surface area contributed by atoms with Crippen LogP contribution in [0.5, 0.6) is 5.75 Å². The lowest BCUT2D eigenvalue weighted by atomic mass is 10.1. The second kappa shape index (κ2) is 11.3. The molecule has 1 saturated heterocycles. The number of ketones is 1. The summed E-state index contributed by atoms with van der Waals surface area (Å²) in [5.41, 5.74) is 2.54. The van der Waals surface area contributed by atoms with Gasteiger partial charge in [0, 0.05) is 28.7 Å². The maximum Gasteiger partial charge on any atom is 0.343 e. The van der Waals surface area contributed by atoms with Crippen LogP contribution in [-0.2, 0) is 20.7 Å². The summed E-state index contributed by atoms with van der Waals surface area (Å²) in [6, 6.07) is 20.4. The van der Waals surface area contributed by atoms with Crippen LogP contribution in [0.3, 0.4) is 0 Å². The predicted molar refractivity (Wildman–Crippen MR) is 137 cm³/mol. The van der Waals surface area contributed by atoms with Crippen molar-refractivity contribution in [1.82, 2.24) is 0 Å². The number of para-hydroxylation sites is 1. The van der Waals surface area contributed by atoms with E-state index in [0.717, 1.165) is 22.1 Å². The molecular weight excluding hydrogens is 526 g/mol. The normalized spacial score (nSPS) is 15.0. The lowest BCUT2D eigenvalue weighted by molar-refractivity contribution is -0.147. The number of anilines is 1. The molecule has 0 radical (unpaired) electrons. The van der Waals surface area contributed by atoms with E-state index in [1.54, 1.807) is 29.2 Å². The molecule has 0 bridgehead atoms. The predicted octanol–water partition coefficient (Wildman–Crippen LogP) is 5.01. The molecule has 4 rings (SSSR count). The Bertz CT molecular complexity index is 1290. The number of nitrogens with zero attached hydrogens (tertiary/aromatic N) is 1. The van der Waals surface area contributed by atoms with Gasteiger partial charge in [0.2, 0.25) is 5.91 Å². The van der Waals surface area contributed by atoms with E-state index in [-0.39, 0.29) is 24.6 Å². The number of hydrogen-bond acceptors (Lipinski definition) is 6. The third-order valence-electron chi connectivity index (χ3n) is 5.93. The Kier molecular flexibility index (Phi) is 7.95. The van der Waals surface area contributed by atoms with Crippen molar-refractivity contribution >= 4 is 45.2 Å². The van der Waals surface area contributed by atoms with Gasteiger partial charge in [-0.25, -0.2) is 4.79 Å². The molecule has 0 aromatic heterocycles. The quantitative estimate of drug-likeness (QED) is 0.223. The molecule has 0 aliphatic carbocycles. The highest BCUT2D eigenvalue weighted by molar-refractivity contribution is 9.10. The number of amides is 1. The first-order valence-electron chi connectivity index (χ1n) is 11.5. The van der Waals surface area contributed by atoms with Gasteiger partial charge in [0.25, 0.3) is 0 Å². The minimum absolute atomic E-state index is 0.0451. The highest BCUT2D eigenvalue weighted by atomic mass is 79.9. The minimum atomic E-state index is -0.629. The Morgan fingerprint density at radius 1 is 0.944 bits per heavy atom. The fourth-order valence-electron chi connectivity index (χ4n) is 3.97. The minimum Gasteiger partial charge on any atom is -0.457 e. The SMILES string of the molecule is CCc1ccccc1N1C[C@@H](C(=O)OCC(=O)c2ccc(OC(=O)c3ccc(Br)cc3)cc2)CC1=O. The topological polar surface area (TPSA) is 90.0 Å². The van der Waals surface area contributed by atoms with Crippen molar-refractivity contribution in [1.29, 1.82) is 0 Å². The van der Waals surface area contributed by atoms with E-state index in [9.17, 15) is 19.2 Å². The summed E-state index contributed by atoms with van der Waals surface area (Å²) < 4.78 is 11.4. The van der Waals surface area contributed by atoms with Crippen LogP contribution in [0, 0.1) is 5.92 Å². The first-order chi connectivity index (χ1) is 17.4. The molecule has 0 N–H and O–H groups in total. The number of carbonyl (C=O) groups is 4. The number of Topliss-reactive ketones (excluding diaryl/α,β-unsaturated/α-hetero) is 1. The summed E-state index contributed by atoms with van der Waals surface area (Å²) in [6.07, 6.45) is 0.815. The highest BCUT2D eigenvalue weighted by Crippen LogP contribution is 2.29. The smallest absolute Gasteiger partial charge is 0.343 e. The maximum absolute atomic E-state index is 12.6. The van der Waals surface area contributed by atoms with Crippen molar-refractivity contribution in [2.75, 3.05) is 18.1 Å². The molecular formula is C28H24BrNO6. The average molecular weight is 550 g/mol. The summed E-state index contributed by atoms with van der Waals surface area (Å²) in [6.45, 7) is 1.80. The molecule has 1 heterocycles. The van der Waals surface area contributed by atoms with Gasteiger partial charge in [-0.05, 0) is 66.6 Å². The molecule has 7 nitrogen and oxygen atoms in total. The average Bonchev–Trinajstić information content (AvgIpc) is 3.29. The molecule has 3 aromatic rings. The Morgan fingerprint density at radius 2 is 1.61 bits per heavy atom. The first kappa shape index (κ1) is 25.3. The van der Waals surface area contributed by atoms with Gasteiger partial charge in [-0.15, -0.1) is 0 Å². The van der Waals surface area contributed by atoms with Crippen LogP contribution in [0.25, 0.3) is 0 Å². The lowest BCUT2D eigenvalue weighted by Crippen LogP contribution is -2.28. The molecule has 0 unspecified atom stereocenters. The van der Waals surface area contributed by atoms with Gasteiger partial charge in [-0.2, -0.15) is 0 Å². The van der Waals surface area contributed by atoms with Crippen LogP contribution >= 0.6 is 15.9 Å². The van der Waals surface area contributed by atoms with Crippen molar-refractivity contribution in [2.24, 2.45) is 5.92 Å². The van der Waals surface area contributed by atoms with Crippen LogP contribution in [0.1, 0.15) is 39.6 Å². The second-order valence-electron chi connectivity index (χ2n) is 8.34. The molecule has 0 spiro atoms. The third kappa shape index (κ3) is 5.88. The Hall–Kier alpha value is -3.78. The first-order valence-corrected chi connectivity index (χ1v) is 12.3. The van der Waals surface area contributed by atoms with E-state index in [0.29, 0.717) is 11.1 Å². The van der Waals surface area contributed by atoms with E-state index >= 15 is 0 Å². The van der Waals surface area contributed by atoms with Gasteiger partial charge in [0.05, 0.1) is 11.5 Å². The summed E-state index contributed by atoms with van der Waals surface area (Å²) in [5.74, 6) is -1.97. The Labute approximate surface area is 217 Å². The number of hydrogen-bond donors (Lipinski definition) is 0. The molecule has 0 saturated carbocycles. The summed E-state index contributed by atoms with van der Waals surface area (Å²) >= 11 is 3.31. The molecule has 184 valence electrons. The van der Waals surface area contributed by atoms with E-state index in [4.69, 9.17) is 9.47 Å². The largest absolute Gasteiger partial charge is 0.457 e. The van der Waals surface area contributed by atoms with Crippen LogP contribution in [0.4, 0.5) is 5.69 Å². The molecule has 1 aliphatic heterocycles. The maximum atomic E-state index is 12.6. The van der Waals surface area contributed by atoms with Crippen LogP contribution < -0.4 is 9.64 Å². The monoisotopic (exact) mass is 549 g/mol. The van der Waals surface area contributed by atoms with E-state index in [2.05, 4.69) is 15.9 Å². The third-order valence-corrected chi connectivity index (χ3v) is 6.46. The Morgan fingerprint density at radius 3 is 2.31 bits per heavy atom. The second-order valence-corrected chi connectivity index (χ2v) is 9.26. The van der Waals surface area contributed by atoms with Crippen molar-refractivity contribution in [3.63, 3.8) is 0 Å². The Balaban J connectivity index is 1.30. The number of ether oxygens (including phenoxy) is 2. The van der Waals surface area contributed by atoms with Crippen molar-refractivity contribution in [3.8, 4) is 5.75 Å². The number of carbonyl (C=O) groups excluding carboxylic acids is 4. The summed E-state index contributed by atoms with van der Waals surface area (Å²) in [4.78, 5) is 51.5. The van der Waals surface area contributed by atoms with Gasteiger partial charge in [-0.1, -0.05) is 41.1 Å². The summed E-state index contributed by atoms with van der Waals surface area (Å²) in [7, 11) is 0. The van der Waals surface area contributed by atoms with Crippen LogP contribution in [0.15, 0.2) is 77.3 Å². The molecule has 1 fully saturated rings. The van der Waals surface area contributed by atoms with Gasteiger partial charge in [0.1, 0.15) is 5.75 Å². The van der Waals surface area contributed by atoms with Crippen molar-refractivity contribution in [2.45, 2.75) is 19.8 Å². The molecule has 1 atom stereocenters. The van der Waals surface area contributed by atoms with E-state index in [1.807, 2.05) is 31.2 Å². The molecule has 3 aromatic carbocycles. The fourth-order valence-corrected chi connectivity index (χ4v) is 4.23. The zero-order valence-electron chi connectivity index (χ0n) is 19.6. The number of aryl methyl sites for hydroxylation is 1. The van der Waals surface area contributed by atoms with Crippen molar-refractivity contribution < 1.29 is 28.7 Å². The standard InChI is InChI=1S/C28H24BrNO6/c1-2-18-5-3-4-6-24(18)30-16-21(15-26(30)32)27(33)35-17-25(31)19-9-13-23(14-10-19)36-28(34)20-7-11-22(29)12-8-20/h3-14,21H,2,15-17H2,1H3/t21-/m0/s1. The molecule has 36 heavy (non-hydrogen) atoms. The number of esters is 2. The lowest BCUT2D eigenvalue weighted by Gasteiger charge is -2.19. The molecule has 1 amide bonds. The molecule has 8 heteroatoms. The van der Waals surface area contributed by atoms with E-state index < -0.39 is 30.2 Å². The van der Waals surface area contributed by atoms with Crippen LogP contribution in [0.2, 0.25) is 0 Å². The highest BCUT2D eigenvalue weighted by Gasteiger charge is 2.37. The number of benzene rings is 3. The van der Waals surface area contributed by atoms with Gasteiger partial charge < -0.3 is 14.4 Å². The van der Waals surface area contributed by atoms with Crippen LogP contribution in [-0.4, -0.2) is 36.8 Å². The van der Waals surface area contributed by atoms with Crippen molar-refractivity contribution in [3.05, 3.63) is 94.0 Å². The fraction of sp³-hybridized carbons (Fsp3) is 0.214. The van der Waals surface area contributed by atoms with Gasteiger partial charge in [0.15, 0.2) is 12.4 Å². The number of halogens is 1.